The zero-order valence-electron chi connectivity index (χ0n) is 21.9. The van der Waals surface area contributed by atoms with E-state index in [1.54, 1.807) is 36.4 Å². The zero-order chi connectivity index (χ0) is 28.3. The Hall–Kier alpha value is -3.38. The van der Waals surface area contributed by atoms with Gasteiger partial charge < -0.3 is 9.47 Å². The lowest BCUT2D eigenvalue weighted by Crippen LogP contribution is -2.18. The van der Waals surface area contributed by atoms with Crippen molar-refractivity contribution in [3.8, 4) is 0 Å². The van der Waals surface area contributed by atoms with Gasteiger partial charge in [-0.3, -0.25) is 0 Å². The molecule has 40 heavy (non-hydrogen) atoms. The Labute approximate surface area is 233 Å². The van der Waals surface area contributed by atoms with E-state index >= 15 is 0 Å². The molecule has 3 heterocycles. The summed E-state index contributed by atoms with van der Waals surface area (Å²) in [5, 5.41) is 0.325. The third-order valence-corrected chi connectivity index (χ3v) is 10.3. The minimum absolute atomic E-state index is 0.0601. The molecule has 0 aliphatic carbocycles. The first-order valence-electron chi connectivity index (χ1n) is 12.8. The minimum atomic E-state index is -4.14. The monoisotopic (exact) mass is 584 g/mol. The highest BCUT2D eigenvalue weighted by Crippen LogP contribution is 2.35. The molecule has 1 aliphatic rings. The molecule has 5 rings (SSSR count). The average Bonchev–Trinajstić information content (AvgIpc) is 3.35. The molecule has 1 aliphatic heterocycles. The number of halogens is 1. The van der Waals surface area contributed by atoms with Gasteiger partial charge in [-0.05, 0) is 60.7 Å². The maximum absolute atomic E-state index is 14.2. The van der Waals surface area contributed by atoms with E-state index in [1.165, 1.54) is 37.4 Å². The van der Waals surface area contributed by atoms with Crippen molar-refractivity contribution >= 4 is 36.5 Å². The van der Waals surface area contributed by atoms with E-state index in [0.29, 0.717) is 35.4 Å². The summed E-state index contributed by atoms with van der Waals surface area (Å²) in [5.41, 5.74) is 1.59. The van der Waals surface area contributed by atoms with Gasteiger partial charge >= 0.3 is 0 Å². The summed E-state index contributed by atoms with van der Waals surface area (Å²) in [6.07, 6.45) is 4.47. The number of rotatable bonds is 9. The molecule has 2 aromatic carbocycles. The predicted octanol–water partition coefficient (Wildman–Crippen LogP) is 4.69. The fraction of sp³-hybridized carbons (Fsp3) is 0.276. The van der Waals surface area contributed by atoms with Gasteiger partial charge in [0.05, 0.1) is 34.0 Å². The predicted molar refractivity (Wildman–Crippen MR) is 150 cm³/mol. The molecule has 0 bridgehead atoms. The number of methoxy groups -OCH3 is 1. The van der Waals surface area contributed by atoms with Gasteiger partial charge in [0.2, 0.25) is 0 Å². The molecule has 0 unspecified atom stereocenters. The maximum Gasteiger partial charge on any atom is 0.269 e. The molecule has 0 spiro atoms. The minimum Gasteiger partial charge on any atom is -0.384 e. The maximum atomic E-state index is 14.2. The molecule has 1 saturated heterocycles. The van der Waals surface area contributed by atoms with Crippen LogP contribution < -0.4 is 0 Å². The number of fused-ring (bicyclic) bond motifs is 1. The summed E-state index contributed by atoms with van der Waals surface area (Å²) in [4.78, 5) is 4.36. The van der Waals surface area contributed by atoms with Crippen LogP contribution in [0.5, 0.6) is 0 Å². The second kappa shape index (κ2) is 11.6. The van der Waals surface area contributed by atoms with Gasteiger partial charge in [0, 0.05) is 31.3 Å². The highest BCUT2D eigenvalue weighted by atomic mass is 32.2. The number of hydrogen-bond donors (Lipinski definition) is 0. The van der Waals surface area contributed by atoms with E-state index in [9.17, 15) is 21.2 Å². The van der Waals surface area contributed by atoms with E-state index in [0.717, 1.165) is 23.0 Å². The molecule has 4 aromatic rings. The highest BCUT2D eigenvalue weighted by molar-refractivity contribution is 7.91. The number of aromatic nitrogens is 2. The van der Waals surface area contributed by atoms with Crippen LogP contribution in [0.25, 0.3) is 16.6 Å². The normalized spacial score (nSPS) is 15.5. The molecule has 0 saturated carbocycles. The topological polar surface area (TPSA) is 105 Å². The third kappa shape index (κ3) is 5.73. The first kappa shape index (κ1) is 28.2. The van der Waals surface area contributed by atoms with Crippen molar-refractivity contribution in [3.63, 3.8) is 0 Å². The lowest BCUT2D eigenvalue weighted by molar-refractivity contribution is 0.0786. The van der Waals surface area contributed by atoms with Crippen molar-refractivity contribution in [2.75, 3.05) is 32.7 Å². The number of pyridine rings is 1. The number of ether oxygens (including phenoxy) is 2. The fourth-order valence-electron chi connectivity index (χ4n) is 4.77. The van der Waals surface area contributed by atoms with Crippen molar-refractivity contribution in [2.45, 2.75) is 22.6 Å². The first-order valence-corrected chi connectivity index (χ1v) is 15.9. The molecular weight excluding hydrogens is 555 g/mol. The lowest BCUT2D eigenvalue weighted by Gasteiger charge is -2.21. The van der Waals surface area contributed by atoms with Gasteiger partial charge in [-0.2, -0.15) is 0 Å². The summed E-state index contributed by atoms with van der Waals surface area (Å²) in [6.45, 7) is 1.21. The molecule has 210 valence electrons. The molecule has 0 amide bonds. The van der Waals surface area contributed by atoms with Gasteiger partial charge in [-0.15, -0.1) is 0 Å². The molecule has 2 aromatic heterocycles. The van der Waals surface area contributed by atoms with Gasteiger partial charge in [0.25, 0.3) is 10.0 Å². The summed E-state index contributed by atoms with van der Waals surface area (Å²) in [6, 6.07) is 17.2. The Morgan fingerprint density at radius 2 is 1.73 bits per heavy atom. The molecular formula is C29H29FN2O6S2. The average molecular weight is 585 g/mol. The van der Waals surface area contributed by atoms with E-state index < -0.39 is 25.7 Å². The summed E-state index contributed by atoms with van der Waals surface area (Å²) in [5.74, 6) is -0.660. The summed E-state index contributed by atoms with van der Waals surface area (Å²) in [7, 11) is -6.27. The van der Waals surface area contributed by atoms with E-state index in [-0.39, 0.29) is 33.7 Å². The van der Waals surface area contributed by atoms with Gasteiger partial charge in [0.1, 0.15) is 5.82 Å². The van der Waals surface area contributed by atoms with Gasteiger partial charge in [-0.1, -0.05) is 36.4 Å². The van der Waals surface area contributed by atoms with Crippen molar-refractivity contribution in [1.29, 1.82) is 0 Å². The van der Waals surface area contributed by atoms with Crippen LogP contribution in [-0.2, 0) is 29.3 Å². The van der Waals surface area contributed by atoms with Gasteiger partial charge in [0.15, 0.2) is 15.5 Å². The number of hydrogen-bond acceptors (Lipinski definition) is 7. The van der Waals surface area contributed by atoms with E-state index in [2.05, 4.69) is 4.98 Å². The van der Waals surface area contributed by atoms with Gasteiger partial charge in [-0.25, -0.2) is 30.2 Å². The fourth-order valence-corrected chi connectivity index (χ4v) is 7.45. The van der Waals surface area contributed by atoms with Crippen LogP contribution in [0, 0.1) is 11.7 Å². The number of benzene rings is 2. The van der Waals surface area contributed by atoms with Crippen molar-refractivity contribution in [3.05, 3.63) is 96.1 Å². The van der Waals surface area contributed by atoms with Crippen LogP contribution in [0.15, 0.2) is 88.8 Å². The highest BCUT2D eigenvalue weighted by Gasteiger charge is 2.27. The van der Waals surface area contributed by atoms with Crippen LogP contribution in [0.2, 0.25) is 0 Å². The van der Waals surface area contributed by atoms with Crippen molar-refractivity contribution in [2.24, 2.45) is 5.92 Å². The third-order valence-electron chi connectivity index (χ3n) is 6.87. The van der Waals surface area contributed by atoms with Crippen LogP contribution in [0.3, 0.4) is 0 Å². The number of allylic oxidation sites excluding steroid dienone is 1. The van der Waals surface area contributed by atoms with Crippen LogP contribution >= 0.6 is 0 Å². The number of nitrogens with zero attached hydrogens (tertiary/aromatic N) is 2. The van der Waals surface area contributed by atoms with E-state index in [1.807, 2.05) is 6.08 Å². The van der Waals surface area contributed by atoms with Crippen molar-refractivity contribution < 1.29 is 30.7 Å². The number of sulfone groups is 1. The molecule has 8 nitrogen and oxygen atoms in total. The second-order valence-corrected chi connectivity index (χ2v) is 13.4. The molecule has 11 heteroatoms. The smallest absolute Gasteiger partial charge is 0.269 e. The summed E-state index contributed by atoms with van der Waals surface area (Å²) < 4.78 is 79.3. The zero-order valence-corrected chi connectivity index (χ0v) is 23.5. The van der Waals surface area contributed by atoms with E-state index in [4.69, 9.17) is 9.47 Å². The standard InChI is InChI=1S/C29H29FN2O6S2/c1-37-15-16-39(33,34)25-9-7-22(8-10-25)27(17-21-11-13-38-14-12-21)28-19-23-18-24(30)20-31-29(23)32(28)40(35,36)26-5-3-2-4-6-26/h2-10,17-21H,11-16H2,1H3. The Morgan fingerprint density at radius 1 is 1.02 bits per heavy atom. The Morgan fingerprint density at radius 3 is 2.40 bits per heavy atom. The quantitative estimate of drug-likeness (QED) is 0.281. The van der Waals surface area contributed by atoms with Crippen molar-refractivity contribution in [1.82, 2.24) is 8.96 Å². The Balaban J connectivity index is 1.72. The van der Waals surface area contributed by atoms with Crippen LogP contribution in [-0.4, -0.2) is 58.5 Å². The second-order valence-electron chi connectivity index (χ2n) is 9.54. The molecule has 0 radical (unpaired) electrons. The Kier molecular flexibility index (Phi) is 8.18. The SMILES string of the molecule is COCCS(=O)(=O)c1ccc(C(=CC2CCOCC2)c2cc3cc(F)cnc3n2S(=O)(=O)c2ccccc2)cc1. The Bertz CT molecular complexity index is 1740. The first-order chi connectivity index (χ1) is 19.2. The lowest BCUT2D eigenvalue weighted by atomic mass is 9.93. The molecule has 1 fully saturated rings. The molecule has 0 N–H and O–H groups in total. The largest absolute Gasteiger partial charge is 0.384 e. The molecule has 0 atom stereocenters. The van der Waals surface area contributed by atoms with Crippen LogP contribution in [0.4, 0.5) is 4.39 Å². The van der Waals surface area contributed by atoms with Crippen LogP contribution in [0.1, 0.15) is 24.1 Å². The summed E-state index contributed by atoms with van der Waals surface area (Å²) >= 11 is 0.